The number of nitrogens with one attached hydrogen (secondary N) is 1. The van der Waals surface area contributed by atoms with Crippen molar-refractivity contribution in [1.29, 1.82) is 0 Å². The van der Waals surface area contributed by atoms with Gasteiger partial charge in [-0.05, 0) is 31.0 Å². The maximum Gasteiger partial charge on any atom is 0.274 e. The Kier molecular flexibility index (Phi) is 4.52. The smallest absolute Gasteiger partial charge is 0.274 e. The number of fused-ring (bicyclic) bond motifs is 1. The number of aromatic nitrogens is 1. The third kappa shape index (κ3) is 3.89. The van der Waals surface area contributed by atoms with Crippen molar-refractivity contribution in [3.63, 3.8) is 0 Å². The highest BCUT2D eigenvalue weighted by Gasteiger charge is 2.20. The summed E-state index contributed by atoms with van der Waals surface area (Å²) in [4.78, 5) is 29.9. The van der Waals surface area contributed by atoms with Crippen LogP contribution < -0.4 is 5.32 Å². The van der Waals surface area contributed by atoms with Gasteiger partial charge in [-0.3, -0.25) is 14.1 Å². The summed E-state index contributed by atoms with van der Waals surface area (Å²) in [6.45, 7) is 1.52. The summed E-state index contributed by atoms with van der Waals surface area (Å²) in [5.41, 5.74) is 1.16. The number of carbonyl (C=O) groups excluding carboxylic acids is 2. The summed E-state index contributed by atoms with van der Waals surface area (Å²) in [6.07, 6.45) is 2.02. The SMILES string of the molecule is O=C(CS(=O)(=O)O)Nc1nc2ccc(C(=O)N3CCCC3)cc2s1. The molecule has 2 aromatic rings. The van der Waals surface area contributed by atoms with Crippen molar-refractivity contribution in [3.8, 4) is 0 Å². The van der Waals surface area contributed by atoms with Gasteiger partial charge in [-0.2, -0.15) is 8.42 Å². The van der Waals surface area contributed by atoms with Crippen LogP contribution in [0.3, 0.4) is 0 Å². The fourth-order valence-corrected chi connectivity index (χ4v) is 3.86. The lowest BCUT2D eigenvalue weighted by atomic mass is 10.2. The quantitative estimate of drug-likeness (QED) is 0.786. The Morgan fingerprint density at radius 1 is 1.29 bits per heavy atom. The molecule has 1 fully saturated rings. The summed E-state index contributed by atoms with van der Waals surface area (Å²) in [6, 6.07) is 5.09. The first-order chi connectivity index (χ1) is 11.3. The summed E-state index contributed by atoms with van der Waals surface area (Å²) in [7, 11) is -4.39. The summed E-state index contributed by atoms with van der Waals surface area (Å²) >= 11 is 1.14. The van der Waals surface area contributed by atoms with Gasteiger partial charge >= 0.3 is 0 Å². The van der Waals surface area contributed by atoms with E-state index in [1.54, 1.807) is 23.1 Å². The number of hydrogen-bond acceptors (Lipinski definition) is 6. The molecular weight excluding hydrogens is 354 g/mol. The third-order valence-electron chi connectivity index (χ3n) is 3.59. The van der Waals surface area contributed by atoms with Crippen molar-refractivity contribution in [3.05, 3.63) is 23.8 Å². The number of rotatable bonds is 4. The molecule has 2 amide bonds. The number of amides is 2. The van der Waals surface area contributed by atoms with Gasteiger partial charge in [-0.15, -0.1) is 0 Å². The Morgan fingerprint density at radius 2 is 2.00 bits per heavy atom. The molecule has 1 aromatic heterocycles. The van der Waals surface area contributed by atoms with Crippen LogP contribution in [-0.4, -0.2) is 53.5 Å². The molecule has 2 heterocycles. The number of likely N-dealkylation sites (tertiary alicyclic amines) is 1. The molecule has 24 heavy (non-hydrogen) atoms. The number of nitrogens with zero attached hydrogens (tertiary/aromatic N) is 2. The average molecular weight is 369 g/mol. The van der Waals surface area contributed by atoms with Crippen molar-refractivity contribution in [2.24, 2.45) is 0 Å². The largest absolute Gasteiger partial charge is 0.339 e. The second-order valence-corrected chi connectivity index (χ2v) is 7.96. The third-order valence-corrected chi connectivity index (χ3v) is 5.15. The highest BCUT2D eigenvalue weighted by atomic mass is 32.2. The molecule has 0 atom stereocenters. The fourth-order valence-electron chi connectivity index (χ4n) is 2.53. The van der Waals surface area contributed by atoms with Crippen LogP contribution in [-0.2, 0) is 14.9 Å². The normalized spacial score (nSPS) is 15.0. The van der Waals surface area contributed by atoms with Crippen LogP contribution in [0, 0.1) is 0 Å². The highest BCUT2D eigenvalue weighted by Crippen LogP contribution is 2.27. The first-order valence-corrected chi connectivity index (χ1v) is 9.69. The van der Waals surface area contributed by atoms with E-state index < -0.39 is 21.8 Å². The molecule has 0 spiro atoms. The number of thiazole rings is 1. The second-order valence-electron chi connectivity index (χ2n) is 5.48. The molecule has 3 rings (SSSR count). The average Bonchev–Trinajstić information content (AvgIpc) is 3.12. The van der Waals surface area contributed by atoms with Gasteiger partial charge in [0, 0.05) is 18.7 Å². The summed E-state index contributed by atoms with van der Waals surface area (Å²) < 4.78 is 30.7. The van der Waals surface area contributed by atoms with Crippen LogP contribution in [0.4, 0.5) is 5.13 Å². The molecule has 1 aromatic carbocycles. The van der Waals surface area contributed by atoms with E-state index >= 15 is 0 Å². The number of anilines is 1. The molecular formula is C14H15N3O5S2. The molecule has 128 valence electrons. The van der Waals surface area contributed by atoms with E-state index in [0.717, 1.165) is 37.3 Å². The zero-order valence-corrected chi connectivity index (χ0v) is 14.2. The fraction of sp³-hybridized carbons (Fsp3) is 0.357. The van der Waals surface area contributed by atoms with Crippen LogP contribution in [0.5, 0.6) is 0 Å². The topological polar surface area (TPSA) is 117 Å². The van der Waals surface area contributed by atoms with Crippen LogP contribution in [0.15, 0.2) is 18.2 Å². The van der Waals surface area contributed by atoms with Crippen molar-refractivity contribution in [1.82, 2.24) is 9.88 Å². The van der Waals surface area contributed by atoms with E-state index in [9.17, 15) is 18.0 Å². The summed E-state index contributed by atoms with van der Waals surface area (Å²) in [5.74, 6) is -1.92. The van der Waals surface area contributed by atoms with E-state index in [2.05, 4.69) is 10.3 Å². The molecule has 1 saturated heterocycles. The van der Waals surface area contributed by atoms with Gasteiger partial charge in [0.05, 0.1) is 10.2 Å². The number of carbonyl (C=O) groups is 2. The molecule has 0 unspecified atom stereocenters. The van der Waals surface area contributed by atoms with Crippen LogP contribution in [0.2, 0.25) is 0 Å². The van der Waals surface area contributed by atoms with Crippen molar-refractivity contribution in [2.75, 3.05) is 24.2 Å². The maximum atomic E-state index is 12.4. The number of benzene rings is 1. The predicted molar refractivity (Wildman–Crippen MR) is 89.8 cm³/mol. The number of hydrogen-bond donors (Lipinski definition) is 2. The predicted octanol–water partition coefficient (Wildman–Crippen LogP) is 1.36. The molecule has 8 nitrogen and oxygen atoms in total. The summed E-state index contributed by atoms with van der Waals surface area (Å²) in [5, 5.41) is 2.54. The Bertz CT molecular complexity index is 900. The Balaban J connectivity index is 1.78. The zero-order valence-electron chi connectivity index (χ0n) is 12.6. The first-order valence-electron chi connectivity index (χ1n) is 7.27. The van der Waals surface area contributed by atoms with E-state index in [1.807, 2.05) is 0 Å². The van der Waals surface area contributed by atoms with Crippen LogP contribution in [0.25, 0.3) is 10.2 Å². The molecule has 0 aliphatic carbocycles. The molecule has 0 bridgehead atoms. The monoisotopic (exact) mass is 369 g/mol. The Morgan fingerprint density at radius 3 is 2.67 bits per heavy atom. The molecule has 2 N–H and O–H groups in total. The van der Waals surface area contributed by atoms with E-state index in [-0.39, 0.29) is 11.0 Å². The molecule has 1 aliphatic heterocycles. The van der Waals surface area contributed by atoms with Gasteiger partial charge in [-0.25, -0.2) is 4.98 Å². The van der Waals surface area contributed by atoms with Gasteiger partial charge in [0.25, 0.3) is 16.0 Å². The van der Waals surface area contributed by atoms with Crippen molar-refractivity contribution in [2.45, 2.75) is 12.8 Å². The van der Waals surface area contributed by atoms with E-state index in [0.29, 0.717) is 15.8 Å². The lowest BCUT2D eigenvalue weighted by Gasteiger charge is -2.14. The standard InChI is InChI=1S/C14H15N3O5S2/c18-12(8-24(20,21)22)16-14-15-10-4-3-9(7-11(10)23-14)13(19)17-5-1-2-6-17/h3-4,7H,1-2,5-6,8H2,(H,15,16,18)(H,20,21,22). The van der Waals surface area contributed by atoms with E-state index in [1.165, 1.54) is 0 Å². The minimum Gasteiger partial charge on any atom is -0.339 e. The van der Waals surface area contributed by atoms with Crippen LogP contribution in [0.1, 0.15) is 23.2 Å². The lowest BCUT2D eigenvalue weighted by Crippen LogP contribution is -2.27. The highest BCUT2D eigenvalue weighted by molar-refractivity contribution is 7.86. The molecule has 0 saturated carbocycles. The zero-order chi connectivity index (χ0) is 17.3. The molecule has 0 radical (unpaired) electrons. The van der Waals surface area contributed by atoms with Gasteiger partial charge in [-0.1, -0.05) is 11.3 Å². The Hall–Kier alpha value is -2.04. The van der Waals surface area contributed by atoms with Crippen molar-refractivity contribution < 1.29 is 22.6 Å². The van der Waals surface area contributed by atoms with Gasteiger partial charge in [0.15, 0.2) is 10.9 Å². The second kappa shape index (κ2) is 6.46. The molecule has 10 heteroatoms. The van der Waals surface area contributed by atoms with Crippen molar-refractivity contribution >= 4 is 48.6 Å². The van der Waals surface area contributed by atoms with E-state index in [4.69, 9.17) is 4.55 Å². The minimum absolute atomic E-state index is 0.0280. The minimum atomic E-state index is -4.39. The van der Waals surface area contributed by atoms with Gasteiger partial charge < -0.3 is 10.2 Å². The van der Waals surface area contributed by atoms with Crippen LogP contribution >= 0.6 is 11.3 Å². The maximum absolute atomic E-state index is 12.4. The Labute approximate surface area is 142 Å². The van der Waals surface area contributed by atoms with Gasteiger partial charge in [0.2, 0.25) is 5.91 Å². The molecule has 1 aliphatic rings. The first kappa shape index (κ1) is 16.8. The van der Waals surface area contributed by atoms with Gasteiger partial charge in [0.1, 0.15) is 0 Å². The lowest BCUT2D eigenvalue weighted by molar-refractivity contribution is -0.113.